The van der Waals surface area contributed by atoms with Crippen molar-refractivity contribution in [1.29, 1.82) is 0 Å². The van der Waals surface area contributed by atoms with Crippen LogP contribution in [0.25, 0.3) is 0 Å². The second kappa shape index (κ2) is 10.7. The van der Waals surface area contributed by atoms with E-state index in [9.17, 15) is 18.0 Å². The maximum Gasteiger partial charge on any atom is 0.234 e. The Bertz CT molecular complexity index is 1230. The molecule has 0 atom stereocenters. The Balaban J connectivity index is 1.46. The fourth-order valence-corrected chi connectivity index (χ4v) is 4.66. The van der Waals surface area contributed by atoms with E-state index in [1.165, 1.54) is 0 Å². The number of thioether (sulfide) groups is 1. The van der Waals surface area contributed by atoms with Crippen molar-refractivity contribution in [2.24, 2.45) is 0 Å². The van der Waals surface area contributed by atoms with Gasteiger partial charge in [0.05, 0.1) is 11.4 Å². The highest BCUT2D eigenvalue weighted by molar-refractivity contribution is 7.99. The van der Waals surface area contributed by atoms with Crippen molar-refractivity contribution in [2.45, 2.75) is 24.5 Å². The molecule has 0 spiro atoms. The Kier molecular flexibility index (Phi) is 7.46. The molecule has 2 aromatic heterocycles. The van der Waals surface area contributed by atoms with Crippen molar-refractivity contribution in [3.05, 3.63) is 93.7 Å². The van der Waals surface area contributed by atoms with Crippen LogP contribution in [0.15, 0.2) is 65.1 Å². The summed E-state index contributed by atoms with van der Waals surface area (Å²) in [6.45, 7) is 0.624. The predicted octanol–water partition coefficient (Wildman–Crippen LogP) is 5.32. The number of carbonyl (C=O) groups is 1. The summed E-state index contributed by atoms with van der Waals surface area (Å²) in [5.74, 6) is -4.26. The van der Waals surface area contributed by atoms with Crippen molar-refractivity contribution in [3.63, 3.8) is 0 Å². The minimum absolute atomic E-state index is 0.0963. The molecule has 0 aliphatic heterocycles. The molecule has 1 amide bonds. The van der Waals surface area contributed by atoms with Gasteiger partial charge in [-0.25, -0.2) is 13.2 Å². The van der Waals surface area contributed by atoms with Crippen molar-refractivity contribution >= 4 is 34.7 Å². The van der Waals surface area contributed by atoms with Crippen LogP contribution in [0.1, 0.15) is 16.3 Å². The van der Waals surface area contributed by atoms with E-state index in [-0.39, 0.29) is 5.75 Å². The Hall–Kier alpha value is -3.11. The molecule has 0 saturated heterocycles. The lowest BCUT2D eigenvalue weighted by Gasteiger charge is -2.11. The van der Waals surface area contributed by atoms with Gasteiger partial charge in [0.15, 0.2) is 22.6 Å². The van der Waals surface area contributed by atoms with E-state index in [0.717, 1.165) is 46.6 Å². The first-order chi connectivity index (χ1) is 16.0. The van der Waals surface area contributed by atoms with Gasteiger partial charge < -0.3 is 9.88 Å². The molecule has 0 bridgehead atoms. The highest BCUT2D eigenvalue weighted by Crippen LogP contribution is 2.23. The molecule has 0 saturated carbocycles. The number of aromatic nitrogens is 3. The van der Waals surface area contributed by atoms with Gasteiger partial charge >= 0.3 is 0 Å². The molecule has 5 nitrogen and oxygen atoms in total. The average molecular weight is 489 g/mol. The quantitative estimate of drug-likeness (QED) is 0.256. The van der Waals surface area contributed by atoms with Crippen molar-refractivity contribution in [3.8, 4) is 0 Å². The zero-order chi connectivity index (χ0) is 23.2. The number of carbonyl (C=O) groups excluding carboxylic acids is 1. The molecule has 0 aliphatic carbocycles. The second-order valence-electron chi connectivity index (χ2n) is 7.10. The third-order valence-electron chi connectivity index (χ3n) is 4.81. The molecule has 10 heteroatoms. The Labute approximate surface area is 196 Å². The first-order valence-electron chi connectivity index (χ1n) is 10.1. The third-order valence-corrected chi connectivity index (χ3v) is 6.66. The summed E-state index contributed by atoms with van der Waals surface area (Å²) in [5.41, 5.74) is 0.749. The van der Waals surface area contributed by atoms with E-state index in [0.29, 0.717) is 18.1 Å². The van der Waals surface area contributed by atoms with Crippen LogP contribution in [-0.2, 0) is 24.2 Å². The minimum Gasteiger partial charge on any atom is -0.323 e. The van der Waals surface area contributed by atoms with Crippen LogP contribution in [0, 0.1) is 17.5 Å². The molecule has 0 radical (unpaired) electrons. The van der Waals surface area contributed by atoms with Crippen LogP contribution in [0.4, 0.5) is 18.9 Å². The van der Waals surface area contributed by atoms with Gasteiger partial charge in [-0.05, 0) is 35.6 Å². The van der Waals surface area contributed by atoms with Crippen LogP contribution < -0.4 is 5.32 Å². The first kappa shape index (κ1) is 23.1. The average Bonchev–Trinajstić information content (AvgIpc) is 3.47. The normalized spacial score (nSPS) is 11.0. The van der Waals surface area contributed by atoms with Gasteiger partial charge in [0.25, 0.3) is 0 Å². The number of benzene rings is 2. The summed E-state index contributed by atoms with van der Waals surface area (Å²) >= 11 is 2.77. The molecule has 1 N–H and O–H groups in total. The number of nitrogens with zero attached hydrogens (tertiary/aromatic N) is 3. The molecule has 33 heavy (non-hydrogen) atoms. The molecule has 4 rings (SSSR count). The molecule has 0 aliphatic rings. The zero-order valence-electron chi connectivity index (χ0n) is 17.3. The highest BCUT2D eigenvalue weighted by Gasteiger charge is 2.18. The van der Waals surface area contributed by atoms with Gasteiger partial charge in [-0.3, -0.25) is 4.79 Å². The number of hydrogen-bond donors (Lipinski definition) is 1. The minimum atomic E-state index is -1.63. The largest absolute Gasteiger partial charge is 0.323 e. The molecule has 2 heterocycles. The number of rotatable bonds is 9. The van der Waals surface area contributed by atoms with Crippen molar-refractivity contribution < 1.29 is 18.0 Å². The topological polar surface area (TPSA) is 59.8 Å². The summed E-state index contributed by atoms with van der Waals surface area (Å²) < 4.78 is 42.3. The lowest BCUT2D eigenvalue weighted by atomic mass is 10.1. The number of aryl methyl sites for hydroxylation is 1. The van der Waals surface area contributed by atoms with E-state index in [1.807, 2.05) is 52.4 Å². The zero-order valence-corrected chi connectivity index (χ0v) is 18.9. The summed E-state index contributed by atoms with van der Waals surface area (Å²) in [4.78, 5) is 13.5. The van der Waals surface area contributed by atoms with Crippen LogP contribution in [0.5, 0.6) is 0 Å². The van der Waals surface area contributed by atoms with Crippen molar-refractivity contribution in [2.75, 3.05) is 11.1 Å². The van der Waals surface area contributed by atoms with E-state index in [4.69, 9.17) is 0 Å². The Morgan fingerprint density at radius 3 is 2.58 bits per heavy atom. The molecule has 0 fully saturated rings. The van der Waals surface area contributed by atoms with Crippen molar-refractivity contribution in [1.82, 2.24) is 14.8 Å². The number of amides is 1. The molecule has 4 aromatic rings. The van der Waals surface area contributed by atoms with Gasteiger partial charge in [0.1, 0.15) is 5.82 Å². The highest BCUT2D eigenvalue weighted by atomic mass is 32.2. The lowest BCUT2D eigenvalue weighted by molar-refractivity contribution is -0.113. The maximum atomic E-state index is 13.8. The van der Waals surface area contributed by atoms with E-state index < -0.39 is 29.0 Å². The van der Waals surface area contributed by atoms with Crippen LogP contribution in [-0.4, -0.2) is 26.4 Å². The number of halogens is 3. The summed E-state index contributed by atoms with van der Waals surface area (Å²) in [5, 5.41) is 13.4. The van der Waals surface area contributed by atoms with Gasteiger partial charge in [0, 0.05) is 17.8 Å². The van der Waals surface area contributed by atoms with Crippen LogP contribution >= 0.6 is 23.1 Å². The fourth-order valence-electron chi connectivity index (χ4n) is 3.17. The van der Waals surface area contributed by atoms with E-state index in [2.05, 4.69) is 15.5 Å². The monoisotopic (exact) mass is 488 g/mol. The SMILES string of the molecule is O=C(CSc1nnc(Cc2cccs2)n1CCc1ccccc1)Nc1ccc(F)c(F)c1F. The maximum absolute atomic E-state index is 13.8. The molecule has 2 aromatic carbocycles. The second-order valence-corrected chi connectivity index (χ2v) is 9.08. The Morgan fingerprint density at radius 1 is 1.00 bits per heavy atom. The number of anilines is 1. The van der Waals surface area contributed by atoms with Gasteiger partial charge in [-0.2, -0.15) is 0 Å². The van der Waals surface area contributed by atoms with E-state index in [1.54, 1.807) is 11.3 Å². The number of hydrogen-bond acceptors (Lipinski definition) is 5. The summed E-state index contributed by atoms with van der Waals surface area (Å²) in [7, 11) is 0. The van der Waals surface area contributed by atoms with Crippen LogP contribution in [0.3, 0.4) is 0 Å². The number of nitrogens with one attached hydrogen (secondary N) is 1. The standard InChI is InChI=1S/C23H19F3N4OS2/c24-17-8-9-18(22(26)21(17)25)27-20(31)14-33-23-29-28-19(13-16-7-4-12-32-16)30(23)11-10-15-5-2-1-3-6-15/h1-9,12H,10-11,13-14H2,(H,27,31). The lowest BCUT2D eigenvalue weighted by Crippen LogP contribution is -2.16. The third kappa shape index (κ3) is 5.82. The molecular weight excluding hydrogens is 469 g/mol. The number of thiophene rings is 1. The van der Waals surface area contributed by atoms with Crippen LogP contribution in [0.2, 0.25) is 0 Å². The molecule has 170 valence electrons. The van der Waals surface area contributed by atoms with Gasteiger partial charge in [-0.1, -0.05) is 48.2 Å². The van der Waals surface area contributed by atoms with E-state index >= 15 is 0 Å². The first-order valence-corrected chi connectivity index (χ1v) is 11.9. The Morgan fingerprint density at radius 2 is 1.82 bits per heavy atom. The predicted molar refractivity (Wildman–Crippen MR) is 123 cm³/mol. The molecule has 0 unspecified atom stereocenters. The summed E-state index contributed by atoms with van der Waals surface area (Å²) in [6, 6.07) is 15.7. The fraction of sp³-hybridized carbons (Fsp3) is 0.174. The van der Waals surface area contributed by atoms with Gasteiger partial charge in [0.2, 0.25) is 5.91 Å². The summed E-state index contributed by atoms with van der Waals surface area (Å²) in [6.07, 6.45) is 1.38. The molecular formula is C23H19F3N4OS2. The smallest absolute Gasteiger partial charge is 0.234 e. The van der Waals surface area contributed by atoms with Gasteiger partial charge in [-0.15, -0.1) is 21.5 Å².